The van der Waals surface area contributed by atoms with Crippen molar-refractivity contribution in [2.75, 3.05) is 5.32 Å². The van der Waals surface area contributed by atoms with Gasteiger partial charge < -0.3 is 9.73 Å². The lowest BCUT2D eigenvalue weighted by Gasteiger charge is -2.07. The number of carbonyl (C=O) groups excluding carboxylic acids is 1. The second kappa shape index (κ2) is 7.78. The van der Waals surface area contributed by atoms with E-state index in [0.717, 1.165) is 9.86 Å². The van der Waals surface area contributed by atoms with Crippen molar-refractivity contribution in [2.45, 2.75) is 0 Å². The monoisotopic (exact) mass is 436 g/mol. The molecule has 138 valence electrons. The predicted octanol–water partition coefficient (Wildman–Crippen LogP) is 5.82. The Bertz CT molecular complexity index is 1240. The number of fused-ring (bicyclic) bond motifs is 1. The van der Waals surface area contributed by atoms with Crippen molar-refractivity contribution in [3.05, 3.63) is 100 Å². The van der Waals surface area contributed by atoms with E-state index in [-0.39, 0.29) is 16.8 Å². The van der Waals surface area contributed by atoms with E-state index >= 15 is 0 Å². The number of hydrogen-bond acceptors (Lipinski definition) is 3. The Balaban J connectivity index is 1.89. The van der Waals surface area contributed by atoms with Crippen LogP contribution in [0.15, 0.2) is 92.7 Å². The van der Waals surface area contributed by atoms with Crippen molar-refractivity contribution in [3.8, 4) is 0 Å². The summed E-state index contributed by atoms with van der Waals surface area (Å²) in [5.74, 6) is -0.894. The predicted molar refractivity (Wildman–Crippen MR) is 110 cm³/mol. The van der Waals surface area contributed by atoms with Crippen LogP contribution < -0.4 is 10.9 Å². The Kier molecular flexibility index (Phi) is 5.04. The molecule has 0 atom stereocenters. The molecule has 3 aromatic carbocycles. The molecule has 6 heteroatoms. The van der Waals surface area contributed by atoms with Crippen LogP contribution in [0.3, 0.4) is 0 Å². The van der Waals surface area contributed by atoms with Crippen molar-refractivity contribution >= 4 is 44.2 Å². The van der Waals surface area contributed by atoms with Crippen molar-refractivity contribution in [1.82, 2.24) is 0 Å². The first-order valence-electron chi connectivity index (χ1n) is 8.49. The maximum Gasteiger partial charge on any atom is 0.261 e. The van der Waals surface area contributed by atoms with Gasteiger partial charge in [-0.25, -0.2) is 9.38 Å². The van der Waals surface area contributed by atoms with Gasteiger partial charge in [-0.15, -0.1) is 0 Å². The summed E-state index contributed by atoms with van der Waals surface area (Å²) in [6, 6.07) is 22.2. The molecule has 0 bridgehead atoms. The first-order chi connectivity index (χ1) is 13.6. The SMILES string of the molecule is O=C(Nc1ccccc1)c1cc2cc(Br)ccc2oc1=Nc1ccccc1F. The maximum absolute atomic E-state index is 14.1. The first kappa shape index (κ1) is 18.1. The molecule has 0 radical (unpaired) electrons. The van der Waals surface area contributed by atoms with E-state index in [9.17, 15) is 9.18 Å². The molecule has 1 amide bonds. The average molecular weight is 437 g/mol. The smallest absolute Gasteiger partial charge is 0.261 e. The molecule has 0 spiro atoms. The van der Waals surface area contributed by atoms with Crippen LogP contribution in [0.2, 0.25) is 0 Å². The summed E-state index contributed by atoms with van der Waals surface area (Å²) < 4.78 is 20.8. The summed E-state index contributed by atoms with van der Waals surface area (Å²) in [6.07, 6.45) is 0. The summed E-state index contributed by atoms with van der Waals surface area (Å²) in [5.41, 5.74) is 1.51. The molecule has 0 unspecified atom stereocenters. The van der Waals surface area contributed by atoms with Crippen LogP contribution >= 0.6 is 15.9 Å². The minimum atomic E-state index is -0.497. The van der Waals surface area contributed by atoms with Crippen LogP contribution in [-0.4, -0.2) is 5.91 Å². The van der Waals surface area contributed by atoms with Crippen LogP contribution in [0.25, 0.3) is 11.0 Å². The second-order valence-electron chi connectivity index (χ2n) is 6.03. The molecule has 0 aliphatic heterocycles. The molecule has 0 fully saturated rings. The average Bonchev–Trinajstić information content (AvgIpc) is 2.70. The highest BCUT2D eigenvalue weighted by Gasteiger charge is 2.14. The minimum absolute atomic E-state index is 0.0355. The molecular weight excluding hydrogens is 423 g/mol. The van der Waals surface area contributed by atoms with Crippen LogP contribution in [0, 0.1) is 5.82 Å². The number of rotatable bonds is 3. The van der Waals surface area contributed by atoms with E-state index < -0.39 is 11.7 Å². The standard InChI is InChI=1S/C22H14BrFN2O2/c23-15-10-11-20-14(12-15)13-17(21(27)25-16-6-2-1-3-7-16)22(28-20)26-19-9-5-4-8-18(19)24/h1-13H,(H,25,27). The molecule has 28 heavy (non-hydrogen) atoms. The summed E-state index contributed by atoms with van der Waals surface area (Å²) in [5, 5.41) is 3.54. The highest BCUT2D eigenvalue weighted by Crippen LogP contribution is 2.21. The van der Waals surface area contributed by atoms with E-state index in [0.29, 0.717) is 11.3 Å². The van der Waals surface area contributed by atoms with Gasteiger partial charge in [0.1, 0.15) is 22.7 Å². The largest absolute Gasteiger partial charge is 0.438 e. The van der Waals surface area contributed by atoms with Gasteiger partial charge in [0.2, 0.25) is 5.55 Å². The topological polar surface area (TPSA) is 54.6 Å². The molecule has 4 rings (SSSR count). The molecule has 0 saturated heterocycles. The minimum Gasteiger partial charge on any atom is -0.438 e. The lowest BCUT2D eigenvalue weighted by molar-refractivity contribution is 0.102. The van der Waals surface area contributed by atoms with Crippen molar-refractivity contribution < 1.29 is 13.6 Å². The zero-order valence-corrected chi connectivity index (χ0v) is 16.1. The van der Waals surface area contributed by atoms with Gasteiger partial charge in [-0.3, -0.25) is 4.79 Å². The molecule has 1 N–H and O–H groups in total. The van der Waals surface area contributed by atoms with Gasteiger partial charge in [-0.1, -0.05) is 46.3 Å². The number of anilines is 1. The van der Waals surface area contributed by atoms with Gasteiger partial charge in [0.15, 0.2) is 0 Å². The summed E-state index contributed by atoms with van der Waals surface area (Å²) in [7, 11) is 0. The highest BCUT2D eigenvalue weighted by molar-refractivity contribution is 9.10. The van der Waals surface area contributed by atoms with Gasteiger partial charge in [0.05, 0.1) is 0 Å². The third kappa shape index (κ3) is 3.87. The Morgan fingerprint density at radius 1 is 0.964 bits per heavy atom. The molecule has 0 aliphatic rings. The quantitative estimate of drug-likeness (QED) is 0.439. The number of carbonyl (C=O) groups is 1. The van der Waals surface area contributed by atoms with Crippen LogP contribution in [0.5, 0.6) is 0 Å². The van der Waals surface area contributed by atoms with Gasteiger partial charge >= 0.3 is 0 Å². The Morgan fingerprint density at radius 2 is 1.71 bits per heavy atom. The molecule has 4 nitrogen and oxygen atoms in total. The molecule has 1 aromatic heterocycles. The Labute approximate surface area is 168 Å². The van der Waals surface area contributed by atoms with Crippen molar-refractivity contribution in [2.24, 2.45) is 4.99 Å². The number of nitrogens with zero attached hydrogens (tertiary/aromatic N) is 1. The lowest BCUT2D eigenvalue weighted by atomic mass is 10.1. The van der Waals surface area contributed by atoms with Gasteiger partial charge in [0.25, 0.3) is 5.91 Å². The number of benzene rings is 3. The van der Waals surface area contributed by atoms with Crippen molar-refractivity contribution in [1.29, 1.82) is 0 Å². The third-order valence-corrected chi connectivity index (χ3v) is 4.55. The lowest BCUT2D eigenvalue weighted by Crippen LogP contribution is -2.21. The second-order valence-corrected chi connectivity index (χ2v) is 6.95. The molecule has 1 heterocycles. The Hall–Kier alpha value is -3.25. The first-order valence-corrected chi connectivity index (χ1v) is 9.28. The van der Waals surface area contributed by atoms with Crippen molar-refractivity contribution in [3.63, 3.8) is 0 Å². The molecule has 0 saturated carbocycles. The van der Waals surface area contributed by atoms with Crippen LogP contribution in [-0.2, 0) is 0 Å². The highest BCUT2D eigenvalue weighted by atomic mass is 79.9. The normalized spacial score (nSPS) is 11.6. The summed E-state index contributed by atoms with van der Waals surface area (Å²) in [6.45, 7) is 0. The molecule has 4 aromatic rings. The zero-order valence-electron chi connectivity index (χ0n) is 14.5. The summed E-state index contributed by atoms with van der Waals surface area (Å²) in [4.78, 5) is 17.2. The number of nitrogens with one attached hydrogen (secondary N) is 1. The zero-order chi connectivity index (χ0) is 19.5. The van der Waals surface area contributed by atoms with Crippen LogP contribution in [0.1, 0.15) is 10.4 Å². The van der Waals surface area contributed by atoms with Crippen LogP contribution in [0.4, 0.5) is 15.8 Å². The van der Waals surface area contributed by atoms with E-state index in [4.69, 9.17) is 4.42 Å². The maximum atomic E-state index is 14.1. The fraction of sp³-hybridized carbons (Fsp3) is 0. The third-order valence-electron chi connectivity index (χ3n) is 4.06. The fourth-order valence-corrected chi connectivity index (χ4v) is 3.10. The molecular formula is C22H14BrFN2O2. The van der Waals surface area contributed by atoms with E-state index in [1.165, 1.54) is 12.1 Å². The number of halogens is 2. The van der Waals surface area contributed by atoms with E-state index in [1.54, 1.807) is 36.4 Å². The van der Waals surface area contributed by atoms with Gasteiger partial charge in [-0.05, 0) is 48.5 Å². The number of amides is 1. The van der Waals surface area contributed by atoms with E-state index in [1.807, 2.05) is 30.3 Å². The number of hydrogen-bond donors (Lipinski definition) is 1. The molecule has 0 aliphatic carbocycles. The van der Waals surface area contributed by atoms with Gasteiger partial charge in [-0.2, -0.15) is 0 Å². The number of para-hydroxylation sites is 2. The van der Waals surface area contributed by atoms with Gasteiger partial charge in [0, 0.05) is 15.5 Å². The Morgan fingerprint density at radius 3 is 2.50 bits per heavy atom. The van der Waals surface area contributed by atoms with E-state index in [2.05, 4.69) is 26.2 Å². The summed E-state index contributed by atoms with van der Waals surface area (Å²) >= 11 is 3.41. The fourth-order valence-electron chi connectivity index (χ4n) is 2.72.